The van der Waals surface area contributed by atoms with E-state index in [9.17, 15) is 8.78 Å². The van der Waals surface area contributed by atoms with Crippen LogP contribution in [0.1, 0.15) is 19.4 Å². The third-order valence-corrected chi connectivity index (χ3v) is 2.75. The minimum Gasteiger partial charge on any atom is -0.370 e. The van der Waals surface area contributed by atoms with Crippen LogP contribution in [-0.2, 0) is 6.42 Å². The topological polar surface area (TPSA) is 41.6 Å². The minimum absolute atomic E-state index is 0.325. The lowest BCUT2D eigenvalue weighted by atomic mass is 10.1. The Balaban J connectivity index is 2.60. The highest BCUT2D eigenvalue weighted by atomic mass is 19.1. The van der Waals surface area contributed by atoms with Crippen LogP contribution in [-0.4, -0.2) is 30.5 Å². The fourth-order valence-electron chi connectivity index (χ4n) is 1.67. The van der Waals surface area contributed by atoms with Crippen LogP contribution in [0.25, 0.3) is 0 Å². The monoisotopic (exact) mass is 255 g/mol. The average Bonchev–Trinajstić information content (AvgIpc) is 2.35. The van der Waals surface area contributed by atoms with Gasteiger partial charge >= 0.3 is 0 Å². The first kappa shape index (κ1) is 14.4. The van der Waals surface area contributed by atoms with Gasteiger partial charge in [0.15, 0.2) is 5.96 Å². The Morgan fingerprint density at radius 1 is 1.28 bits per heavy atom. The van der Waals surface area contributed by atoms with E-state index in [1.54, 1.807) is 0 Å². The Morgan fingerprint density at radius 2 is 1.94 bits per heavy atom. The first-order valence-electron chi connectivity index (χ1n) is 6.07. The number of benzene rings is 1. The minimum atomic E-state index is -0.438. The van der Waals surface area contributed by atoms with E-state index in [1.807, 2.05) is 18.7 Å². The van der Waals surface area contributed by atoms with Gasteiger partial charge in [-0.3, -0.25) is 4.99 Å². The molecule has 0 heterocycles. The number of hydrogen-bond acceptors (Lipinski definition) is 1. The van der Waals surface area contributed by atoms with Gasteiger partial charge in [-0.1, -0.05) is 0 Å². The molecule has 0 radical (unpaired) electrons. The van der Waals surface area contributed by atoms with Crippen molar-refractivity contribution in [3.63, 3.8) is 0 Å². The van der Waals surface area contributed by atoms with Crippen molar-refractivity contribution in [3.05, 3.63) is 35.4 Å². The van der Waals surface area contributed by atoms with Gasteiger partial charge in [-0.05, 0) is 44.0 Å². The summed E-state index contributed by atoms with van der Waals surface area (Å²) in [5.41, 5.74) is 6.10. The number of hydrogen-bond donors (Lipinski definition) is 1. The molecule has 0 bridgehead atoms. The van der Waals surface area contributed by atoms with Gasteiger partial charge < -0.3 is 10.6 Å². The molecule has 0 unspecified atom stereocenters. The summed E-state index contributed by atoms with van der Waals surface area (Å²) >= 11 is 0. The maximum atomic E-state index is 13.3. The van der Waals surface area contributed by atoms with Crippen molar-refractivity contribution in [2.45, 2.75) is 20.3 Å². The Morgan fingerprint density at radius 3 is 2.56 bits per heavy atom. The predicted octanol–water partition coefficient (Wildman–Crippen LogP) is 2.16. The van der Waals surface area contributed by atoms with E-state index in [0.29, 0.717) is 24.5 Å². The van der Waals surface area contributed by atoms with Crippen LogP contribution < -0.4 is 5.73 Å². The molecule has 0 spiro atoms. The van der Waals surface area contributed by atoms with E-state index in [2.05, 4.69) is 4.99 Å². The number of nitrogens with two attached hydrogens (primary N) is 1. The highest BCUT2D eigenvalue weighted by molar-refractivity contribution is 5.77. The molecule has 1 aromatic carbocycles. The molecule has 2 N–H and O–H groups in total. The lowest BCUT2D eigenvalue weighted by Crippen LogP contribution is -2.37. The van der Waals surface area contributed by atoms with Gasteiger partial charge in [0.2, 0.25) is 0 Å². The molecule has 5 heteroatoms. The maximum Gasteiger partial charge on any atom is 0.191 e. The largest absolute Gasteiger partial charge is 0.370 e. The summed E-state index contributed by atoms with van der Waals surface area (Å²) in [4.78, 5) is 6.07. The van der Waals surface area contributed by atoms with E-state index >= 15 is 0 Å². The summed E-state index contributed by atoms with van der Waals surface area (Å²) in [5, 5.41) is 0. The summed E-state index contributed by atoms with van der Waals surface area (Å²) in [6.45, 7) is 5.87. The zero-order chi connectivity index (χ0) is 13.5. The molecule has 0 saturated carbocycles. The summed E-state index contributed by atoms with van der Waals surface area (Å²) in [5.74, 6) is -0.406. The third kappa shape index (κ3) is 3.98. The first-order valence-corrected chi connectivity index (χ1v) is 6.07. The van der Waals surface area contributed by atoms with Crippen molar-refractivity contribution in [1.29, 1.82) is 0 Å². The Hall–Kier alpha value is -1.65. The summed E-state index contributed by atoms with van der Waals surface area (Å²) in [6.07, 6.45) is 0.339. The lowest BCUT2D eigenvalue weighted by molar-refractivity contribution is 0.458. The highest BCUT2D eigenvalue weighted by Gasteiger charge is 2.05. The summed E-state index contributed by atoms with van der Waals surface area (Å²) in [7, 11) is 0. The van der Waals surface area contributed by atoms with Gasteiger partial charge in [-0.15, -0.1) is 0 Å². The lowest BCUT2D eigenvalue weighted by Gasteiger charge is -2.19. The van der Waals surface area contributed by atoms with Crippen molar-refractivity contribution in [2.75, 3.05) is 19.6 Å². The van der Waals surface area contributed by atoms with E-state index in [-0.39, 0.29) is 0 Å². The Bertz CT molecular complexity index is 415. The second kappa shape index (κ2) is 6.93. The second-order valence-corrected chi connectivity index (χ2v) is 3.90. The van der Waals surface area contributed by atoms with Crippen molar-refractivity contribution >= 4 is 5.96 Å². The molecule has 0 amide bonds. The van der Waals surface area contributed by atoms with Crippen LogP contribution in [0.4, 0.5) is 8.78 Å². The third-order valence-electron chi connectivity index (χ3n) is 2.75. The molecular formula is C13H19F2N3. The molecule has 1 aromatic rings. The number of halogens is 2. The van der Waals surface area contributed by atoms with Crippen molar-refractivity contribution in [3.8, 4) is 0 Å². The predicted molar refractivity (Wildman–Crippen MR) is 69.5 cm³/mol. The van der Waals surface area contributed by atoms with Crippen LogP contribution in [0.3, 0.4) is 0 Å². The van der Waals surface area contributed by atoms with Crippen molar-refractivity contribution in [2.24, 2.45) is 10.7 Å². The molecule has 18 heavy (non-hydrogen) atoms. The molecule has 0 saturated heterocycles. The van der Waals surface area contributed by atoms with E-state index < -0.39 is 11.6 Å². The number of nitrogens with zero attached hydrogens (tertiary/aromatic N) is 2. The van der Waals surface area contributed by atoms with Crippen molar-refractivity contribution in [1.82, 2.24) is 4.90 Å². The highest BCUT2D eigenvalue weighted by Crippen LogP contribution is 2.10. The van der Waals surface area contributed by atoms with Crippen LogP contribution in [0.2, 0.25) is 0 Å². The quantitative estimate of drug-likeness (QED) is 0.647. The summed E-state index contributed by atoms with van der Waals surface area (Å²) in [6, 6.07) is 3.42. The zero-order valence-corrected chi connectivity index (χ0v) is 10.8. The molecule has 0 aliphatic carbocycles. The Labute approximate surface area is 106 Å². The normalized spacial score (nSPS) is 11.7. The van der Waals surface area contributed by atoms with Gasteiger partial charge in [0.1, 0.15) is 11.6 Å². The second-order valence-electron chi connectivity index (χ2n) is 3.90. The molecule has 100 valence electrons. The van der Waals surface area contributed by atoms with E-state index in [0.717, 1.165) is 25.2 Å². The number of aliphatic imine (C=N–C) groups is 1. The maximum absolute atomic E-state index is 13.3. The zero-order valence-electron chi connectivity index (χ0n) is 10.8. The van der Waals surface area contributed by atoms with Gasteiger partial charge in [-0.2, -0.15) is 0 Å². The van der Waals surface area contributed by atoms with Gasteiger partial charge in [0.05, 0.1) is 0 Å². The first-order chi connectivity index (χ1) is 8.58. The molecular weight excluding hydrogens is 236 g/mol. The fourth-order valence-corrected chi connectivity index (χ4v) is 1.67. The smallest absolute Gasteiger partial charge is 0.191 e. The van der Waals surface area contributed by atoms with Gasteiger partial charge in [0.25, 0.3) is 0 Å². The number of guanidine groups is 1. The standard InChI is InChI=1S/C13H19F2N3/c1-3-18(4-2)13(16)17-8-7-10-9-11(14)5-6-12(10)15/h5-6,9H,3-4,7-8H2,1-2H3,(H2,16,17). The average molecular weight is 255 g/mol. The van der Waals surface area contributed by atoms with Crippen molar-refractivity contribution < 1.29 is 8.78 Å². The molecule has 0 aliphatic heterocycles. The van der Waals surface area contributed by atoms with Gasteiger partial charge in [0, 0.05) is 19.6 Å². The SMILES string of the molecule is CCN(CC)C(N)=NCCc1cc(F)ccc1F. The van der Waals surface area contributed by atoms with E-state index in [4.69, 9.17) is 5.73 Å². The van der Waals surface area contributed by atoms with Crippen LogP contribution in [0.5, 0.6) is 0 Å². The van der Waals surface area contributed by atoms with Crippen LogP contribution in [0, 0.1) is 11.6 Å². The number of rotatable bonds is 5. The molecule has 1 rings (SSSR count). The van der Waals surface area contributed by atoms with Crippen LogP contribution >= 0.6 is 0 Å². The molecule has 0 aliphatic rings. The summed E-state index contributed by atoms with van der Waals surface area (Å²) < 4.78 is 26.3. The van der Waals surface area contributed by atoms with Crippen LogP contribution in [0.15, 0.2) is 23.2 Å². The molecule has 0 aromatic heterocycles. The molecule has 0 fully saturated rings. The fraction of sp³-hybridized carbons (Fsp3) is 0.462. The Kier molecular flexibility index (Phi) is 5.55. The molecule has 3 nitrogen and oxygen atoms in total. The van der Waals surface area contributed by atoms with E-state index in [1.165, 1.54) is 6.07 Å². The van der Waals surface area contributed by atoms with Gasteiger partial charge in [-0.25, -0.2) is 8.78 Å². The molecule has 0 atom stereocenters.